The van der Waals surface area contributed by atoms with E-state index in [2.05, 4.69) is 17.0 Å². The van der Waals surface area contributed by atoms with Gasteiger partial charge >= 0.3 is 6.16 Å². The Hall–Kier alpha value is -1.85. The highest BCUT2D eigenvalue weighted by molar-refractivity contribution is 6.01. The molecule has 1 saturated heterocycles. The molecule has 0 saturated carbocycles. The van der Waals surface area contributed by atoms with Crippen LogP contribution in [-0.2, 0) is 14.4 Å². The van der Waals surface area contributed by atoms with E-state index in [1.165, 1.54) is 38.5 Å². The van der Waals surface area contributed by atoms with Crippen LogP contribution in [0.2, 0.25) is 0 Å². The maximum atomic E-state index is 10.6. The first-order valence-electron chi connectivity index (χ1n) is 6.53. The molecule has 1 fully saturated rings. The summed E-state index contributed by atoms with van der Waals surface area (Å²) in [5.74, 6) is -1.23. The molecule has 0 aromatic heterocycles. The van der Waals surface area contributed by atoms with Gasteiger partial charge in [-0.3, -0.25) is 14.4 Å². The number of rotatable bonds is 1. The van der Waals surface area contributed by atoms with Crippen LogP contribution < -0.4 is 0 Å². The lowest BCUT2D eigenvalue weighted by Gasteiger charge is -2.08. The van der Waals surface area contributed by atoms with E-state index in [9.17, 15) is 14.4 Å². The number of hydroxylamine groups is 2. The lowest BCUT2D eigenvalue weighted by molar-refractivity contribution is -0.175. The summed E-state index contributed by atoms with van der Waals surface area (Å²) < 4.78 is 0. The third-order valence-corrected chi connectivity index (χ3v) is 2.83. The molecule has 0 atom stereocenters. The molecule has 1 aliphatic carbocycles. The minimum atomic E-state index is -1.66. The molecule has 19 heavy (non-hydrogen) atoms. The fourth-order valence-corrected chi connectivity index (χ4v) is 1.85. The van der Waals surface area contributed by atoms with Crippen molar-refractivity contribution in [1.29, 1.82) is 0 Å². The van der Waals surface area contributed by atoms with E-state index in [1.807, 2.05) is 0 Å². The fraction of sp³-hybridized carbons (Fsp3) is 0.615. The Labute approximate surface area is 112 Å². The second-order valence-electron chi connectivity index (χ2n) is 4.40. The molecule has 1 N–H and O–H groups in total. The Bertz CT molecular complexity index is 338. The molecular weight excluding hydrogens is 250 g/mol. The highest BCUT2D eigenvalue weighted by Gasteiger charge is 2.32. The number of carboxylic acid groups (broad SMARTS) is 1. The summed E-state index contributed by atoms with van der Waals surface area (Å²) in [6.07, 6.45) is 11.4. The van der Waals surface area contributed by atoms with Gasteiger partial charge in [0.05, 0.1) is 0 Å². The molecule has 2 aliphatic rings. The van der Waals surface area contributed by atoms with Crippen molar-refractivity contribution in [1.82, 2.24) is 5.06 Å². The van der Waals surface area contributed by atoms with E-state index in [4.69, 9.17) is 5.11 Å². The SMILES string of the molecule is C1=C/CCCCCC/1.O=C(O)ON1C(=O)CCC1=O. The summed E-state index contributed by atoms with van der Waals surface area (Å²) >= 11 is 0. The molecular formula is C13H19NO5. The average molecular weight is 269 g/mol. The minimum Gasteiger partial charge on any atom is -0.448 e. The van der Waals surface area contributed by atoms with Crippen molar-refractivity contribution in [3.63, 3.8) is 0 Å². The molecule has 1 aliphatic heterocycles. The summed E-state index contributed by atoms with van der Waals surface area (Å²) in [6, 6.07) is 0. The molecule has 6 heteroatoms. The number of carbonyl (C=O) groups excluding carboxylic acids is 2. The van der Waals surface area contributed by atoms with Crippen LogP contribution in [0.4, 0.5) is 4.79 Å². The van der Waals surface area contributed by atoms with E-state index in [0.29, 0.717) is 0 Å². The van der Waals surface area contributed by atoms with Gasteiger partial charge in [0, 0.05) is 12.8 Å². The zero-order valence-corrected chi connectivity index (χ0v) is 10.8. The maximum Gasteiger partial charge on any atom is 0.531 e. The van der Waals surface area contributed by atoms with Crippen LogP contribution >= 0.6 is 0 Å². The second kappa shape index (κ2) is 8.29. The molecule has 2 rings (SSSR count). The van der Waals surface area contributed by atoms with Crippen LogP contribution in [-0.4, -0.2) is 28.1 Å². The average Bonchev–Trinajstić information content (AvgIpc) is 2.60. The zero-order chi connectivity index (χ0) is 14.1. The van der Waals surface area contributed by atoms with E-state index in [1.54, 1.807) is 0 Å². The number of nitrogens with zero attached hydrogens (tertiary/aromatic N) is 1. The van der Waals surface area contributed by atoms with Crippen molar-refractivity contribution >= 4 is 18.0 Å². The molecule has 6 nitrogen and oxygen atoms in total. The van der Waals surface area contributed by atoms with Gasteiger partial charge in [-0.15, -0.1) is 0 Å². The van der Waals surface area contributed by atoms with Gasteiger partial charge in [-0.1, -0.05) is 30.1 Å². The largest absolute Gasteiger partial charge is 0.531 e. The fourth-order valence-electron chi connectivity index (χ4n) is 1.85. The molecule has 0 radical (unpaired) electrons. The maximum absolute atomic E-state index is 10.6. The second-order valence-corrected chi connectivity index (χ2v) is 4.40. The van der Waals surface area contributed by atoms with E-state index >= 15 is 0 Å². The molecule has 0 bridgehead atoms. The number of carbonyl (C=O) groups is 3. The molecule has 1 heterocycles. The first-order chi connectivity index (χ1) is 9.11. The van der Waals surface area contributed by atoms with Crippen molar-refractivity contribution in [2.75, 3.05) is 0 Å². The number of hydrogen-bond acceptors (Lipinski definition) is 4. The van der Waals surface area contributed by atoms with Gasteiger partial charge in [0.1, 0.15) is 0 Å². The van der Waals surface area contributed by atoms with Gasteiger partial charge in [0.15, 0.2) is 0 Å². The Kier molecular flexibility index (Phi) is 6.63. The van der Waals surface area contributed by atoms with Crippen molar-refractivity contribution in [2.24, 2.45) is 0 Å². The number of imide groups is 1. The Morgan fingerprint density at radius 3 is 1.89 bits per heavy atom. The van der Waals surface area contributed by atoms with Crippen LogP contribution in [0, 0.1) is 0 Å². The Morgan fingerprint density at radius 2 is 1.47 bits per heavy atom. The first-order valence-corrected chi connectivity index (χ1v) is 6.53. The van der Waals surface area contributed by atoms with Crippen LogP contribution in [0.15, 0.2) is 12.2 Å². The Morgan fingerprint density at radius 1 is 1.00 bits per heavy atom. The third-order valence-electron chi connectivity index (χ3n) is 2.83. The standard InChI is InChI=1S/C8H14.C5H5NO5/c1-2-4-6-8-7-5-3-1;7-3-1-2-4(8)6(3)11-5(9)10/h1-2H,3-8H2;1-2H2,(H,9,10)/b2-1+;. The van der Waals surface area contributed by atoms with Crippen LogP contribution in [0.3, 0.4) is 0 Å². The predicted molar refractivity (Wildman–Crippen MR) is 67.0 cm³/mol. The number of allylic oxidation sites excluding steroid dienone is 2. The number of hydrogen-bond donors (Lipinski definition) is 1. The summed E-state index contributed by atoms with van der Waals surface area (Å²) in [5, 5.41) is 8.31. The lowest BCUT2D eigenvalue weighted by Crippen LogP contribution is -2.31. The van der Waals surface area contributed by atoms with Crippen molar-refractivity contribution in [3.05, 3.63) is 12.2 Å². The molecule has 0 unspecified atom stereocenters. The van der Waals surface area contributed by atoms with Gasteiger partial charge in [-0.2, -0.15) is 0 Å². The van der Waals surface area contributed by atoms with Gasteiger partial charge < -0.3 is 5.11 Å². The molecule has 0 aromatic carbocycles. The molecule has 0 spiro atoms. The van der Waals surface area contributed by atoms with Gasteiger partial charge in [-0.25, -0.2) is 4.79 Å². The van der Waals surface area contributed by atoms with Crippen LogP contribution in [0.1, 0.15) is 51.4 Å². The highest BCUT2D eigenvalue weighted by Crippen LogP contribution is 2.11. The van der Waals surface area contributed by atoms with Crippen molar-refractivity contribution in [2.45, 2.75) is 51.4 Å². The number of amides is 2. The smallest absolute Gasteiger partial charge is 0.448 e. The van der Waals surface area contributed by atoms with Crippen molar-refractivity contribution in [3.8, 4) is 0 Å². The summed E-state index contributed by atoms with van der Waals surface area (Å²) in [6.45, 7) is 0. The lowest BCUT2D eigenvalue weighted by atomic mass is 10.1. The van der Waals surface area contributed by atoms with E-state index in [-0.39, 0.29) is 17.9 Å². The van der Waals surface area contributed by atoms with Gasteiger partial charge in [-0.05, 0) is 25.7 Å². The monoisotopic (exact) mass is 269 g/mol. The summed E-state index contributed by atoms with van der Waals surface area (Å²) in [7, 11) is 0. The van der Waals surface area contributed by atoms with Crippen LogP contribution in [0.5, 0.6) is 0 Å². The molecule has 0 aromatic rings. The Balaban J connectivity index is 0.000000200. The summed E-state index contributed by atoms with van der Waals surface area (Å²) in [5.41, 5.74) is 0. The van der Waals surface area contributed by atoms with E-state index in [0.717, 1.165) is 0 Å². The molecule has 106 valence electrons. The molecule has 2 amide bonds. The van der Waals surface area contributed by atoms with E-state index < -0.39 is 18.0 Å². The predicted octanol–water partition coefficient (Wildman–Crippen LogP) is 2.64. The highest BCUT2D eigenvalue weighted by atomic mass is 16.8. The van der Waals surface area contributed by atoms with Gasteiger partial charge in [0.25, 0.3) is 11.8 Å². The van der Waals surface area contributed by atoms with Gasteiger partial charge in [0.2, 0.25) is 0 Å². The van der Waals surface area contributed by atoms with Crippen molar-refractivity contribution < 1.29 is 24.3 Å². The topological polar surface area (TPSA) is 83.9 Å². The minimum absolute atomic E-state index is 0.0200. The zero-order valence-electron chi connectivity index (χ0n) is 10.8. The first kappa shape index (κ1) is 15.2. The quantitative estimate of drug-likeness (QED) is 0.584. The van der Waals surface area contributed by atoms with Crippen LogP contribution in [0.25, 0.3) is 0 Å². The third kappa shape index (κ3) is 6.03. The summed E-state index contributed by atoms with van der Waals surface area (Å²) in [4.78, 5) is 35.0. The normalized spacial score (nSPS) is 20.9.